The molecule has 0 saturated carbocycles. The first kappa shape index (κ1) is 15.2. The molecule has 110 valence electrons. The highest BCUT2D eigenvalue weighted by atomic mass is 19.1. The standard InChI is InChI=1S/C18H20FNO/c1-3-13-8-9-14(4-2)16(10-13)12-20-18(21)15-6-5-7-17(19)11-15/h5-11H,3-4,12H2,1-2H3,(H,20,21). The molecule has 3 heteroatoms. The molecule has 0 fully saturated rings. The average molecular weight is 285 g/mol. The minimum absolute atomic E-state index is 0.251. The van der Waals surface area contributed by atoms with E-state index in [2.05, 4.69) is 37.4 Å². The minimum atomic E-state index is -0.398. The van der Waals surface area contributed by atoms with Gasteiger partial charge < -0.3 is 5.32 Å². The van der Waals surface area contributed by atoms with E-state index in [0.29, 0.717) is 12.1 Å². The summed E-state index contributed by atoms with van der Waals surface area (Å²) in [4.78, 5) is 12.0. The van der Waals surface area contributed by atoms with E-state index < -0.39 is 5.82 Å². The van der Waals surface area contributed by atoms with Crippen LogP contribution < -0.4 is 5.32 Å². The summed E-state index contributed by atoms with van der Waals surface area (Å²) in [6.07, 6.45) is 1.89. The second-order valence-corrected chi connectivity index (χ2v) is 5.00. The van der Waals surface area contributed by atoms with Gasteiger partial charge >= 0.3 is 0 Å². The van der Waals surface area contributed by atoms with E-state index in [1.807, 2.05) is 0 Å². The number of carbonyl (C=O) groups excluding carboxylic acids is 1. The van der Waals surface area contributed by atoms with Crippen LogP contribution in [-0.4, -0.2) is 5.91 Å². The summed E-state index contributed by atoms with van der Waals surface area (Å²) in [6.45, 7) is 4.67. The molecule has 0 aromatic heterocycles. The van der Waals surface area contributed by atoms with Crippen LogP contribution in [0.5, 0.6) is 0 Å². The van der Waals surface area contributed by atoms with Crippen molar-refractivity contribution < 1.29 is 9.18 Å². The van der Waals surface area contributed by atoms with Gasteiger partial charge in [0.1, 0.15) is 5.82 Å². The molecule has 21 heavy (non-hydrogen) atoms. The third-order valence-electron chi connectivity index (χ3n) is 3.59. The second kappa shape index (κ2) is 7.02. The van der Waals surface area contributed by atoms with E-state index in [1.165, 1.54) is 23.3 Å². The van der Waals surface area contributed by atoms with Crippen LogP contribution in [0.1, 0.15) is 40.9 Å². The van der Waals surface area contributed by atoms with Gasteiger partial charge in [-0.2, -0.15) is 0 Å². The monoisotopic (exact) mass is 285 g/mol. The van der Waals surface area contributed by atoms with Crippen molar-refractivity contribution in [1.82, 2.24) is 5.32 Å². The van der Waals surface area contributed by atoms with Gasteiger partial charge in [0.2, 0.25) is 0 Å². The van der Waals surface area contributed by atoms with Crippen molar-refractivity contribution >= 4 is 5.91 Å². The first-order valence-electron chi connectivity index (χ1n) is 7.28. The molecule has 0 aliphatic rings. The second-order valence-electron chi connectivity index (χ2n) is 5.00. The zero-order chi connectivity index (χ0) is 15.2. The summed E-state index contributed by atoms with van der Waals surface area (Å²) in [5.41, 5.74) is 3.95. The molecule has 0 atom stereocenters. The lowest BCUT2D eigenvalue weighted by Gasteiger charge is -2.11. The number of aryl methyl sites for hydroxylation is 2. The highest BCUT2D eigenvalue weighted by molar-refractivity contribution is 5.94. The van der Waals surface area contributed by atoms with Gasteiger partial charge in [-0.1, -0.05) is 38.1 Å². The quantitative estimate of drug-likeness (QED) is 0.887. The molecule has 0 spiro atoms. The molecule has 2 aromatic rings. The Hall–Kier alpha value is -2.16. The Bertz CT molecular complexity index is 637. The number of carbonyl (C=O) groups is 1. The summed E-state index contributed by atoms with van der Waals surface area (Å²) in [6, 6.07) is 12.1. The smallest absolute Gasteiger partial charge is 0.251 e. The van der Waals surface area contributed by atoms with E-state index in [-0.39, 0.29) is 5.91 Å². The first-order valence-corrected chi connectivity index (χ1v) is 7.28. The van der Waals surface area contributed by atoms with Gasteiger partial charge in [-0.3, -0.25) is 4.79 Å². The van der Waals surface area contributed by atoms with Gasteiger partial charge in [-0.15, -0.1) is 0 Å². The Labute approximate surface area is 125 Å². The van der Waals surface area contributed by atoms with Crippen LogP contribution in [0.25, 0.3) is 0 Å². The van der Waals surface area contributed by atoms with Crippen LogP contribution in [0.4, 0.5) is 4.39 Å². The fourth-order valence-electron chi connectivity index (χ4n) is 2.32. The molecule has 0 saturated heterocycles. The molecule has 1 N–H and O–H groups in total. The Balaban J connectivity index is 2.10. The van der Waals surface area contributed by atoms with E-state index in [9.17, 15) is 9.18 Å². The highest BCUT2D eigenvalue weighted by Gasteiger charge is 2.08. The summed E-state index contributed by atoms with van der Waals surface area (Å²) >= 11 is 0. The van der Waals surface area contributed by atoms with Crippen molar-refractivity contribution in [2.24, 2.45) is 0 Å². The summed E-state index contributed by atoms with van der Waals surface area (Å²) in [5.74, 6) is -0.650. The van der Waals surface area contributed by atoms with Crippen molar-refractivity contribution in [3.8, 4) is 0 Å². The molecule has 0 heterocycles. The fourth-order valence-corrected chi connectivity index (χ4v) is 2.32. The normalized spacial score (nSPS) is 10.4. The van der Waals surface area contributed by atoms with Gasteiger partial charge in [-0.25, -0.2) is 4.39 Å². The lowest BCUT2D eigenvalue weighted by molar-refractivity contribution is 0.0950. The lowest BCUT2D eigenvalue weighted by Crippen LogP contribution is -2.23. The van der Waals surface area contributed by atoms with Gasteiger partial charge in [0.05, 0.1) is 0 Å². The van der Waals surface area contributed by atoms with Crippen molar-refractivity contribution in [2.75, 3.05) is 0 Å². The molecule has 0 aliphatic heterocycles. The molecule has 0 unspecified atom stereocenters. The van der Waals surface area contributed by atoms with Gasteiger partial charge in [0, 0.05) is 12.1 Å². The maximum absolute atomic E-state index is 13.1. The summed E-state index contributed by atoms with van der Waals surface area (Å²) < 4.78 is 13.1. The van der Waals surface area contributed by atoms with Crippen LogP contribution >= 0.6 is 0 Å². The molecule has 2 rings (SSSR count). The number of hydrogen-bond donors (Lipinski definition) is 1. The largest absolute Gasteiger partial charge is 0.348 e. The minimum Gasteiger partial charge on any atom is -0.348 e. The van der Waals surface area contributed by atoms with Crippen LogP contribution in [0.15, 0.2) is 42.5 Å². The van der Waals surface area contributed by atoms with Crippen LogP contribution in [0, 0.1) is 5.82 Å². The molecule has 2 aromatic carbocycles. The number of benzene rings is 2. The molecule has 1 amide bonds. The summed E-state index contributed by atoms with van der Waals surface area (Å²) in [7, 11) is 0. The molecule has 0 radical (unpaired) electrons. The van der Waals surface area contributed by atoms with E-state index >= 15 is 0 Å². The zero-order valence-corrected chi connectivity index (χ0v) is 12.4. The number of nitrogens with one attached hydrogen (secondary N) is 1. The van der Waals surface area contributed by atoms with Crippen LogP contribution in [0.3, 0.4) is 0 Å². The number of amides is 1. The van der Waals surface area contributed by atoms with Crippen molar-refractivity contribution in [3.63, 3.8) is 0 Å². The van der Waals surface area contributed by atoms with Crippen molar-refractivity contribution in [2.45, 2.75) is 33.2 Å². The first-order chi connectivity index (χ1) is 10.1. The lowest BCUT2D eigenvalue weighted by atomic mass is 10.0. The third-order valence-corrected chi connectivity index (χ3v) is 3.59. The molecule has 2 nitrogen and oxygen atoms in total. The van der Waals surface area contributed by atoms with E-state index in [0.717, 1.165) is 18.4 Å². The van der Waals surface area contributed by atoms with Crippen LogP contribution in [-0.2, 0) is 19.4 Å². The molecular weight excluding hydrogens is 265 g/mol. The van der Waals surface area contributed by atoms with Crippen molar-refractivity contribution in [3.05, 3.63) is 70.5 Å². The van der Waals surface area contributed by atoms with E-state index in [4.69, 9.17) is 0 Å². The van der Waals surface area contributed by atoms with Gasteiger partial charge in [0.25, 0.3) is 5.91 Å². The Morgan fingerprint density at radius 2 is 1.86 bits per heavy atom. The maximum atomic E-state index is 13.1. The number of hydrogen-bond acceptors (Lipinski definition) is 1. The highest BCUT2D eigenvalue weighted by Crippen LogP contribution is 2.14. The average Bonchev–Trinajstić information content (AvgIpc) is 2.52. The third kappa shape index (κ3) is 3.91. The van der Waals surface area contributed by atoms with Gasteiger partial charge in [0.15, 0.2) is 0 Å². The van der Waals surface area contributed by atoms with Crippen LogP contribution in [0.2, 0.25) is 0 Å². The Kier molecular flexibility index (Phi) is 5.09. The topological polar surface area (TPSA) is 29.1 Å². The maximum Gasteiger partial charge on any atom is 0.251 e. The summed E-state index contributed by atoms with van der Waals surface area (Å²) in [5, 5.41) is 2.86. The number of rotatable bonds is 5. The molecule has 0 aliphatic carbocycles. The van der Waals surface area contributed by atoms with Crippen molar-refractivity contribution in [1.29, 1.82) is 0 Å². The number of halogens is 1. The predicted molar refractivity (Wildman–Crippen MR) is 82.8 cm³/mol. The van der Waals surface area contributed by atoms with E-state index in [1.54, 1.807) is 12.1 Å². The fraction of sp³-hybridized carbons (Fsp3) is 0.278. The predicted octanol–water partition coefficient (Wildman–Crippen LogP) is 3.88. The van der Waals surface area contributed by atoms with Gasteiger partial charge in [-0.05, 0) is 47.7 Å². The Morgan fingerprint density at radius 3 is 2.52 bits per heavy atom. The Morgan fingerprint density at radius 1 is 1.05 bits per heavy atom. The zero-order valence-electron chi connectivity index (χ0n) is 12.4. The SMILES string of the molecule is CCc1ccc(CC)c(CNC(=O)c2cccc(F)c2)c1. The molecular formula is C18H20FNO. The molecule has 0 bridgehead atoms.